The van der Waals surface area contributed by atoms with Gasteiger partial charge in [0.25, 0.3) is 5.91 Å². The molecular formula is C48H52N8O9. The number of fused-ring (bicyclic) bond motifs is 6. The lowest BCUT2D eigenvalue weighted by Gasteiger charge is -2.30. The second-order valence-electron chi connectivity index (χ2n) is 16.5. The molecule has 9 rings (SSSR count). The van der Waals surface area contributed by atoms with Crippen LogP contribution in [-0.4, -0.2) is 113 Å². The van der Waals surface area contributed by atoms with Crippen LogP contribution >= 0.6 is 0 Å². The molecule has 4 N–H and O–H groups in total. The quantitative estimate of drug-likeness (QED) is 0.1000. The highest BCUT2D eigenvalue weighted by atomic mass is 16.5. The zero-order valence-electron chi connectivity index (χ0n) is 36.9. The van der Waals surface area contributed by atoms with Crippen molar-refractivity contribution < 1.29 is 42.9 Å². The Morgan fingerprint density at radius 3 is 2.45 bits per heavy atom. The number of H-pyrrole nitrogens is 2. The van der Waals surface area contributed by atoms with Crippen LogP contribution in [0.25, 0.3) is 44.2 Å². The van der Waals surface area contributed by atoms with Gasteiger partial charge in [-0.2, -0.15) is 0 Å². The van der Waals surface area contributed by atoms with Crippen molar-refractivity contribution in [2.75, 3.05) is 41.0 Å². The molecule has 0 saturated carbocycles. The molecule has 3 aliphatic rings. The zero-order valence-corrected chi connectivity index (χ0v) is 36.9. The van der Waals surface area contributed by atoms with E-state index in [1.807, 2.05) is 37.3 Å². The van der Waals surface area contributed by atoms with Gasteiger partial charge in [0.2, 0.25) is 5.91 Å². The molecule has 3 aliphatic heterocycles. The second kappa shape index (κ2) is 18.3. The summed E-state index contributed by atoms with van der Waals surface area (Å²) in [7, 11) is 4.02. The Kier molecular flexibility index (Phi) is 12.2. The van der Waals surface area contributed by atoms with E-state index in [-0.39, 0.29) is 24.0 Å². The Morgan fingerprint density at radius 1 is 0.877 bits per heavy atom. The lowest BCUT2D eigenvalue weighted by molar-refractivity contribution is -0.137. The molecule has 0 radical (unpaired) electrons. The number of hydrogen-bond donors (Lipinski definition) is 4. The average Bonchev–Trinajstić information content (AvgIpc) is 4.18. The number of likely N-dealkylation sites (tertiary alicyclic amines) is 2. The van der Waals surface area contributed by atoms with Crippen LogP contribution in [0.3, 0.4) is 0 Å². The fourth-order valence-corrected chi connectivity index (χ4v) is 9.41. The molecular weight excluding hydrogens is 833 g/mol. The summed E-state index contributed by atoms with van der Waals surface area (Å²) in [6, 6.07) is 21.0. The molecule has 4 aromatic carbocycles. The van der Waals surface area contributed by atoms with E-state index in [0.717, 1.165) is 68.3 Å². The third kappa shape index (κ3) is 8.32. The molecule has 5 heterocycles. The number of ether oxygens (including phenoxy) is 5. The fourth-order valence-electron chi connectivity index (χ4n) is 9.41. The van der Waals surface area contributed by atoms with Gasteiger partial charge in [0.15, 0.2) is 0 Å². The van der Waals surface area contributed by atoms with E-state index in [2.05, 4.69) is 50.9 Å². The van der Waals surface area contributed by atoms with E-state index < -0.39 is 36.4 Å². The monoisotopic (exact) mass is 884 g/mol. The summed E-state index contributed by atoms with van der Waals surface area (Å²) in [6.45, 7) is 5.36. The summed E-state index contributed by atoms with van der Waals surface area (Å²) < 4.78 is 27.6. The molecule has 0 bridgehead atoms. The van der Waals surface area contributed by atoms with Crippen LogP contribution in [0.4, 0.5) is 9.59 Å². The highest BCUT2D eigenvalue weighted by Gasteiger charge is 2.42. The summed E-state index contributed by atoms with van der Waals surface area (Å²) in [5.41, 5.74) is 6.98. The van der Waals surface area contributed by atoms with E-state index in [9.17, 15) is 19.2 Å². The molecule has 0 aliphatic carbocycles. The molecule has 2 saturated heterocycles. The number of rotatable bonds is 12. The van der Waals surface area contributed by atoms with Crippen LogP contribution in [0, 0.1) is 0 Å². The smallest absolute Gasteiger partial charge is 0.407 e. The first-order valence-corrected chi connectivity index (χ1v) is 21.9. The number of alkyl carbamates (subject to hydrolysis) is 2. The first kappa shape index (κ1) is 43.3. The van der Waals surface area contributed by atoms with Gasteiger partial charge in [0.05, 0.1) is 61.4 Å². The molecule has 338 valence electrons. The lowest BCUT2D eigenvalue weighted by Crippen LogP contribution is -2.54. The van der Waals surface area contributed by atoms with Gasteiger partial charge in [-0.15, -0.1) is 0 Å². The Hall–Kier alpha value is -6.98. The number of carbonyl (C=O) groups excluding carboxylic acids is 4. The van der Waals surface area contributed by atoms with Crippen molar-refractivity contribution in [2.45, 2.75) is 76.1 Å². The highest BCUT2D eigenvalue weighted by molar-refractivity contribution is 6.07. The van der Waals surface area contributed by atoms with Gasteiger partial charge in [0.1, 0.15) is 36.1 Å². The maximum absolute atomic E-state index is 14.4. The molecule has 17 heteroatoms. The van der Waals surface area contributed by atoms with E-state index in [1.165, 1.54) is 21.3 Å². The topological polar surface area (TPSA) is 202 Å². The number of nitrogens with one attached hydrogen (secondary N) is 4. The van der Waals surface area contributed by atoms with Crippen molar-refractivity contribution in [2.24, 2.45) is 0 Å². The van der Waals surface area contributed by atoms with Crippen LogP contribution in [0.2, 0.25) is 0 Å². The highest BCUT2D eigenvalue weighted by Crippen LogP contribution is 2.44. The zero-order chi connectivity index (χ0) is 45.4. The Bertz CT molecular complexity index is 2760. The van der Waals surface area contributed by atoms with Gasteiger partial charge < -0.3 is 54.1 Å². The molecule has 0 spiro atoms. The minimum Gasteiger partial charge on any atom is -0.488 e. The van der Waals surface area contributed by atoms with Gasteiger partial charge in [-0.25, -0.2) is 19.6 Å². The maximum atomic E-state index is 14.4. The van der Waals surface area contributed by atoms with Crippen molar-refractivity contribution >= 4 is 45.8 Å². The second-order valence-corrected chi connectivity index (χ2v) is 16.5. The standard InChI is InChI=1S/C48H52N8O9/c1-6-64-31-21-38(56(24-31)46(58)41(54-48(60)63-5)27-11-8-7-9-12-27)44-50-35-17-15-28-20-34-32-16-14-29(19-30(32)25-65-39(34)22-33(28)42(35)52-44)36-23-49-43(51-36)37-13-10-18-55(37)45(57)40(26(2)61-3)53-47(59)62-4/h7-9,11-12,14-17,19-20,22-23,26,31,37-38,40-41H,6,10,13,18,21,24-25H2,1-5H3,(H,49,51)(H,50,52)(H,53,59)(H,54,60)/t26-,31+,37+,38+,40+,41-/m1/s1. The molecule has 0 unspecified atom stereocenters. The number of amides is 4. The fraction of sp³-hybridized carbons (Fsp3) is 0.375. The first-order valence-electron chi connectivity index (χ1n) is 21.9. The van der Waals surface area contributed by atoms with E-state index in [4.69, 9.17) is 33.7 Å². The summed E-state index contributed by atoms with van der Waals surface area (Å²) in [5.74, 6) is 1.48. The molecule has 2 fully saturated rings. The van der Waals surface area contributed by atoms with Gasteiger partial charge >= 0.3 is 12.2 Å². The number of nitrogens with zero attached hydrogens (tertiary/aromatic N) is 4. The van der Waals surface area contributed by atoms with Gasteiger partial charge in [-0.05, 0) is 78.6 Å². The Morgan fingerprint density at radius 2 is 1.68 bits per heavy atom. The molecule has 6 atom stereocenters. The number of benzene rings is 4. The van der Waals surface area contributed by atoms with Crippen molar-refractivity contribution in [3.05, 3.63) is 102 Å². The predicted octanol–water partition coefficient (Wildman–Crippen LogP) is 6.86. The van der Waals surface area contributed by atoms with Crippen LogP contribution in [0.5, 0.6) is 5.75 Å². The molecule has 2 aromatic heterocycles. The molecule has 65 heavy (non-hydrogen) atoms. The average molecular weight is 885 g/mol. The molecule has 6 aromatic rings. The van der Waals surface area contributed by atoms with Crippen molar-refractivity contribution in [3.8, 4) is 28.1 Å². The SMILES string of the molecule is CCO[C@H]1C[C@@H](c2nc3c(ccc4cc5c(cc43)OCc3cc(-c4cnc([C@@H]6CCCN6C(=O)[C@@H](NC(=O)OC)[C@@H](C)OC)[nH]4)ccc3-5)[nH]2)N(C(=O)[C@H](NC(=O)OC)c2ccccc2)C1. The minimum atomic E-state index is -0.973. The Balaban J connectivity index is 0.974. The minimum absolute atomic E-state index is 0.223. The first-order chi connectivity index (χ1) is 31.6. The third-order valence-electron chi connectivity index (χ3n) is 12.8. The van der Waals surface area contributed by atoms with Crippen LogP contribution in [0.1, 0.15) is 74.0 Å². The third-order valence-corrected chi connectivity index (χ3v) is 12.8. The molecule has 4 amide bonds. The van der Waals surface area contributed by atoms with E-state index >= 15 is 0 Å². The van der Waals surface area contributed by atoms with Crippen molar-refractivity contribution in [3.63, 3.8) is 0 Å². The number of carbonyl (C=O) groups is 4. The number of imidazole rings is 2. The predicted molar refractivity (Wildman–Crippen MR) is 240 cm³/mol. The summed E-state index contributed by atoms with van der Waals surface area (Å²) >= 11 is 0. The van der Waals surface area contributed by atoms with E-state index in [1.54, 1.807) is 35.1 Å². The number of aromatic amines is 2. The van der Waals surface area contributed by atoms with Crippen molar-refractivity contribution in [1.82, 2.24) is 40.4 Å². The normalized spacial score (nSPS) is 19.2. The molecule has 17 nitrogen and oxygen atoms in total. The van der Waals surface area contributed by atoms with Crippen LogP contribution < -0.4 is 15.4 Å². The van der Waals surface area contributed by atoms with E-state index in [0.29, 0.717) is 49.9 Å². The lowest BCUT2D eigenvalue weighted by atomic mass is 9.92. The summed E-state index contributed by atoms with van der Waals surface area (Å²) in [4.78, 5) is 73.1. The van der Waals surface area contributed by atoms with Crippen molar-refractivity contribution in [1.29, 1.82) is 0 Å². The van der Waals surface area contributed by atoms with Gasteiger partial charge in [-0.1, -0.05) is 48.5 Å². The largest absolute Gasteiger partial charge is 0.488 e. The number of methoxy groups -OCH3 is 3. The van der Waals surface area contributed by atoms with Crippen LogP contribution in [0.15, 0.2) is 79.0 Å². The van der Waals surface area contributed by atoms with Gasteiger partial charge in [-0.3, -0.25) is 9.59 Å². The number of aromatic nitrogens is 4. The number of hydrogen-bond acceptors (Lipinski definition) is 11. The maximum Gasteiger partial charge on any atom is 0.407 e. The Labute approximate surface area is 375 Å². The summed E-state index contributed by atoms with van der Waals surface area (Å²) in [6.07, 6.45) is 1.61. The summed E-state index contributed by atoms with van der Waals surface area (Å²) in [5, 5.41) is 7.25. The van der Waals surface area contributed by atoms with Crippen LogP contribution in [-0.2, 0) is 35.1 Å². The van der Waals surface area contributed by atoms with Gasteiger partial charge in [0, 0.05) is 44.2 Å².